The summed E-state index contributed by atoms with van der Waals surface area (Å²) < 4.78 is 0. The third-order valence-corrected chi connectivity index (χ3v) is 3.94. The van der Waals surface area contributed by atoms with Crippen LogP contribution in [0.2, 0.25) is 0 Å². The molecule has 2 heterocycles. The maximum Gasteiger partial charge on any atom is 0.0474 e. The zero-order chi connectivity index (χ0) is 10.5. The molecule has 0 bridgehead atoms. The molecule has 2 saturated heterocycles. The Labute approximate surface area is 92.8 Å². The van der Waals surface area contributed by atoms with Crippen molar-refractivity contribution in [1.82, 2.24) is 10.2 Å². The van der Waals surface area contributed by atoms with Crippen LogP contribution in [0, 0.1) is 11.8 Å². The van der Waals surface area contributed by atoms with Crippen LogP contribution >= 0.6 is 0 Å². The SMILES string of the molecule is OCC(CN1CCCCC1)C1CCNC1. The van der Waals surface area contributed by atoms with Crippen LogP contribution in [-0.2, 0) is 0 Å². The average molecular weight is 212 g/mol. The number of hydrogen-bond acceptors (Lipinski definition) is 3. The molecule has 2 aliphatic rings. The Hall–Kier alpha value is -0.120. The fourth-order valence-corrected chi connectivity index (χ4v) is 2.91. The lowest BCUT2D eigenvalue weighted by molar-refractivity contribution is 0.115. The molecule has 0 spiro atoms. The molecule has 2 aliphatic heterocycles. The first kappa shape index (κ1) is 11.4. The van der Waals surface area contributed by atoms with Crippen molar-refractivity contribution < 1.29 is 5.11 Å². The average Bonchev–Trinajstić information content (AvgIpc) is 2.81. The van der Waals surface area contributed by atoms with E-state index in [1.54, 1.807) is 0 Å². The number of piperidine rings is 1. The van der Waals surface area contributed by atoms with Crippen molar-refractivity contribution in [3.05, 3.63) is 0 Å². The van der Waals surface area contributed by atoms with E-state index in [2.05, 4.69) is 10.2 Å². The molecule has 15 heavy (non-hydrogen) atoms. The van der Waals surface area contributed by atoms with Gasteiger partial charge in [-0.05, 0) is 57.3 Å². The second-order valence-electron chi connectivity index (χ2n) is 5.06. The van der Waals surface area contributed by atoms with Gasteiger partial charge in [0.05, 0.1) is 0 Å². The molecule has 2 N–H and O–H groups in total. The van der Waals surface area contributed by atoms with Crippen molar-refractivity contribution in [1.29, 1.82) is 0 Å². The summed E-state index contributed by atoms with van der Waals surface area (Å²) in [6.07, 6.45) is 5.34. The smallest absolute Gasteiger partial charge is 0.0474 e. The molecular weight excluding hydrogens is 188 g/mol. The molecule has 88 valence electrons. The van der Waals surface area contributed by atoms with Crippen molar-refractivity contribution in [3.63, 3.8) is 0 Å². The number of nitrogens with zero attached hydrogens (tertiary/aromatic N) is 1. The third-order valence-electron chi connectivity index (χ3n) is 3.94. The molecule has 2 atom stereocenters. The Bertz CT molecular complexity index is 174. The standard InChI is InChI=1S/C12H24N2O/c15-10-12(11-4-5-13-8-11)9-14-6-2-1-3-7-14/h11-13,15H,1-10H2. The summed E-state index contributed by atoms with van der Waals surface area (Å²) in [5, 5.41) is 12.9. The Morgan fingerprint density at radius 3 is 2.67 bits per heavy atom. The van der Waals surface area contributed by atoms with Crippen LogP contribution in [0.5, 0.6) is 0 Å². The Balaban J connectivity index is 1.78. The fourth-order valence-electron chi connectivity index (χ4n) is 2.91. The normalized spacial score (nSPS) is 30.6. The molecule has 0 radical (unpaired) electrons. The highest BCUT2D eigenvalue weighted by Gasteiger charge is 2.26. The highest BCUT2D eigenvalue weighted by atomic mass is 16.3. The number of aliphatic hydroxyl groups excluding tert-OH is 1. The second-order valence-corrected chi connectivity index (χ2v) is 5.06. The zero-order valence-corrected chi connectivity index (χ0v) is 9.62. The third kappa shape index (κ3) is 3.16. The maximum atomic E-state index is 9.46. The number of hydrogen-bond donors (Lipinski definition) is 2. The first-order valence-corrected chi connectivity index (χ1v) is 6.44. The molecule has 2 unspecified atom stereocenters. The van der Waals surface area contributed by atoms with E-state index in [0.717, 1.165) is 19.6 Å². The molecule has 0 aliphatic carbocycles. The predicted molar refractivity (Wildman–Crippen MR) is 61.8 cm³/mol. The largest absolute Gasteiger partial charge is 0.396 e. The van der Waals surface area contributed by atoms with Crippen molar-refractivity contribution in [2.45, 2.75) is 25.7 Å². The molecule has 0 amide bonds. The summed E-state index contributed by atoms with van der Waals surface area (Å²) in [6, 6.07) is 0. The number of rotatable bonds is 4. The van der Waals surface area contributed by atoms with Gasteiger partial charge in [0.25, 0.3) is 0 Å². The van der Waals surface area contributed by atoms with E-state index < -0.39 is 0 Å². The lowest BCUT2D eigenvalue weighted by Gasteiger charge is -2.32. The van der Waals surface area contributed by atoms with Crippen LogP contribution < -0.4 is 5.32 Å². The summed E-state index contributed by atoms with van der Waals surface area (Å²) in [6.45, 7) is 6.22. The van der Waals surface area contributed by atoms with E-state index >= 15 is 0 Å². The molecule has 0 aromatic carbocycles. The van der Waals surface area contributed by atoms with Crippen LogP contribution in [-0.4, -0.2) is 49.3 Å². The monoisotopic (exact) mass is 212 g/mol. The Morgan fingerprint density at radius 2 is 2.07 bits per heavy atom. The van der Waals surface area contributed by atoms with Gasteiger partial charge < -0.3 is 15.3 Å². The van der Waals surface area contributed by atoms with Crippen LogP contribution in [0.15, 0.2) is 0 Å². The summed E-state index contributed by atoms with van der Waals surface area (Å²) >= 11 is 0. The molecule has 3 heteroatoms. The van der Waals surface area contributed by atoms with Gasteiger partial charge in [0.2, 0.25) is 0 Å². The fraction of sp³-hybridized carbons (Fsp3) is 1.00. The van der Waals surface area contributed by atoms with E-state index in [9.17, 15) is 5.11 Å². The van der Waals surface area contributed by atoms with Gasteiger partial charge in [-0.2, -0.15) is 0 Å². The lowest BCUT2D eigenvalue weighted by Crippen LogP contribution is -2.38. The van der Waals surface area contributed by atoms with Crippen LogP contribution in [0.25, 0.3) is 0 Å². The predicted octanol–water partition coefficient (Wildman–Crippen LogP) is 0.690. The number of likely N-dealkylation sites (tertiary alicyclic amines) is 1. The minimum Gasteiger partial charge on any atom is -0.396 e. The lowest BCUT2D eigenvalue weighted by atomic mass is 9.91. The van der Waals surface area contributed by atoms with Gasteiger partial charge >= 0.3 is 0 Å². The van der Waals surface area contributed by atoms with Gasteiger partial charge in [-0.3, -0.25) is 0 Å². The quantitative estimate of drug-likeness (QED) is 0.720. The van der Waals surface area contributed by atoms with Crippen molar-refractivity contribution in [3.8, 4) is 0 Å². The highest BCUT2D eigenvalue weighted by molar-refractivity contribution is 4.80. The van der Waals surface area contributed by atoms with Crippen molar-refractivity contribution in [2.24, 2.45) is 11.8 Å². The Morgan fingerprint density at radius 1 is 1.27 bits per heavy atom. The van der Waals surface area contributed by atoms with Gasteiger partial charge in [0.1, 0.15) is 0 Å². The minimum atomic E-state index is 0.364. The maximum absolute atomic E-state index is 9.46. The minimum absolute atomic E-state index is 0.364. The van der Waals surface area contributed by atoms with E-state index in [0.29, 0.717) is 18.4 Å². The molecule has 2 rings (SSSR count). The molecule has 3 nitrogen and oxygen atoms in total. The molecule has 2 fully saturated rings. The van der Waals surface area contributed by atoms with Crippen LogP contribution in [0.1, 0.15) is 25.7 Å². The Kier molecular flexibility index (Phi) is 4.42. The van der Waals surface area contributed by atoms with Crippen LogP contribution in [0.4, 0.5) is 0 Å². The van der Waals surface area contributed by atoms with E-state index in [1.165, 1.54) is 38.8 Å². The topological polar surface area (TPSA) is 35.5 Å². The highest BCUT2D eigenvalue weighted by Crippen LogP contribution is 2.21. The van der Waals surface area contributed by atoms with Gasteiger partial charge in [-0.1, -0.05) is 6.42 Å². The summed E-state index contributed by atoms with van der Waals surface area (Å²) in [4.78, 5) is 2.54. The first-order valence-electron chi connectivity index (χ1n) is 6.44. The number of aliphatic hydroxyl groups is 1. The molecule has 0 aromatic heterocycles. The van der Waals surface area contributed by atoms with Gasteiger partial charge in [-0.25, -0.2) is 0 Å². The molecular formula is C12H24N2O. The van der Waals surface area contributed by atoms with Gasteiger partial charge in [0.15, 0.2) is 0 Å². The number of nitrogens with one attached hydrogen (secondary N) is 1. The van der Waals surface area contributed by atoms with E-state index in [-0.39, 0.29) is 0 Å². The van der Waals surface area contributed by atoms with Gasteiger partial charge in [-0.15, -0.1) is 0 Å². The van der Waals surface area contributed by atoms with E-state index in [4.69, 9.17) is 0 Å². The summed E-state index contributed by atoms with van der Waals surface area (Å²) in [5.41, 5.74) is 0. The second kappa shape index (κ2) is 5.83. The van der Waals surface area contributed by atoms with Crippen LogP contribution in [0.3, 0.4) is 0 Å². The summed E-state index contributed by atoms with van der Waals surface area (Å²) in [5.74, 6) is 1.20. The van der Waals surface area contributed by atoms with Crippen molar-refractivity contribution in [2.75, 3.05) is 39.3 Å². The summed E-state index contributed by atoms with van der Waals surface area (Å²) in [7, 11) is 0. The molecule has 0 aromatic rings. The molecule has 0 saturated carbocycles. The zero-order valence-electron chi connectivity index (χ0n) is 9.62. The van der Waals surface area contributed by atoms with Crippen molar-refractivity contribution >= 4 is 0 Å². The van der Waals surface area contributed by atoms with E-state index in [1.807, 2.05) is 0 Å². The first-order chi connectivity index (χ1) is 7.40. The van der Waals surface area contributed by atoms with Gasteiger partial charge in [0, 0.05) is 13.2 Å².